The Labute approximate surface area is 126 Å². The predicted molar refractivity (Wildman–Crippen MR) is 84.9 cm³/mol. The fourth-order valence-electron chi connectivity index (χ4n) is 1.88. The second-order valence-electron chi connectivity index (χ2n) is 4.34. The van der Waals surface area contributed by atoms with Crippen LogP contribution in [0.3, 0.4) is 0 Å². The largest absolute Gasteiger partial charge is 0.382 e. The van der Waals surface area contributed by atoms with Gasteiger partial charge in [-0.15, -0.1) is 13.2 Å². The van der Waals surface area contributed by atoms with Gasteiger partial charge >= 0.3 is 0 Å². The van der Waals surface area contributed by atoms with Gasteiger partial charge in [-0.1, -0.05) is 35.4 Å². The van der Waals surface area contributed by atoms with E-state index in [2.05, 4.69) is 33.1 Å². The molecule has 0 aliphatic carbocycles. The lowest BCUT2D eigenvalue weighted by atomic mass is 10.1. The van der Waals surface area contributed by atoms with E-state index in [1.807, 2.05) is 0 Å². The molecule has 0 bridgehead atoms. The molecule has 2 rings (SSSR count). The number of rotatable bonds is 4. The third kappa shape index (κ3) is 2.62. The molecule has 0 fully saturated rings. The van der Waals surface area contributed by atoms with Crippen LogP contribution in [0.15, 0.2) is 45.3 Å². The van der Waals surface area contributed by atoms with E-state index in [1.165, 1.54) is 0 Å². The number of fused-ring (bicyclic) bond motifs is 1. The Hall–Kier alpha value is -1.66. The van der Waals surface area contributed by atoms with E-state index in [1.54, 1.807) is 12.2 Å². The molecule has 2 heterocycles. The van der Waals surface area contributed by atoms with Crippen LogP contribution >= 0.6 is 23.2 Å². The Morgan fingerprint density at radius 2 is 1.20 bits per heavy atom. The minimum absolute atomic E-state index is 0.124. The molecule has 6 nitrogen and oxygen atoms in total. The van der Waals surface area contributed by atoms with Gasteiger partial charge in [-0.2, -0.15) is 0 Å². The summed E-state index contributed by atoms with van der Waals surface area (Å²) in [6.07, 6.45) is 3.79. The molecule has 0 saturated carbocycles. The van der Waals surface area contributed by atoms with Gasteiger partial charge in [0, 0.05) is 12.8 Å². The first-order valence-corrected chi connectivity index (χ1v) is 6.59. The molecule has 20 heavy (non-hydrogen) atoms. The van der Waals surface area contributed by atoms with Crippen LogP contribution in [-0.4, -0.2) is 33.3 Å². The molecule has 2 unspecified atom stereocenters. The van der Waals surface area contributed by atoms with Crippen LogP contribution in [-0.2, 0) is 0 Å². The zero-order valence-electron chi connectivity index (χ0n) is 10.7. The summed E-state index contributed by atoms with van der Waals surface area (Å²) in [7, 11) is 0. The summed E-state index contributed by atoms with van der Waals surface area (Å²) in [6, 6.07) is 0. The van der Waals surface area contributed by atoms with Crippen LogP contribution in [0.5, 0.6) is 0 Å². The summed E-state index contributed by atoms with van der Waals surface area (Å²) >= 11 is 12.5. The fraction of sp³-hybridized carbons (Fsp3) is 0.333. The van der Waals surface area contributed by atoms with Crippen LogP contribution in [0.4, 0.5) is 0 Å². The van der Waals surface area contributed by atoms with Gasteiger partial charge in [0.15, 0.2) is 11.7 Å². The average molecular weight is 313 g/mol. The molecule has 2 atom stereocenters. The van der Waals surface area contributed by atoms with Gasteiger partial charge < -0.3 is 11.5 Å². The molecular weight excluding hydrogens is 299 g/mol. The lowest BCUT2D eigenvalue weighted by molar-refractivity contribution is 0.630. The molecule has 4 N–H and O–H groups in total. The second kappa shape index (κ2) is 5.03. The van der Waals surface area contributed by atoms with E-state index in [0.29, 0.717) is 24.3 Å². The second-order valence-corrected chi connectivity index (χ2v) is 5.55. The van der Waals surface area contributed by atoms with Gasteiger partial charge in [-0.05, 0) is 0 Å². The molecule has 0 amide bonds. The molecule has 2 aliphatic rings. The van der Waals surface area contributed by atoms with Crippen molar-refractivity contribution in [2.24, 2.45) is 31.4 Å². The number of amidine groups is 2. The van der Waals surface area contributed by atoms with Crippen LogP contribution in [0.1, 0.15) is 12.8 Å². The van der Waals surface area contributed by atoms with Gasteiger partial charge in [0.05, 0.1) is 0 Å². The minimum atomic E-state index is -1.26. The standard InChI is InChI=1S/C12H14Cl2N6/c1-3-5-11(13)17-7-8(9(15)19-11)18-12(14,6-4-2)20-10(7)16/h3-4H,1-2,5-6H2,(H2,15,19)(H2,16,20). The zero-order chi connectivity index (χ0) is 15.0. The van der Waals surface area contributed by atoms with Crippen molar-refractivity contribution in [3.05, 3.63) is 25.3 Å². The summed E-state index contributed by atoms with van der Waals surface area (Å²) in [5.41, 5.74) is 12.4. The van der Waals surface area contributed by atoms with Gasteiger partial charge in [0.25, 0.3) is 0 Å². The molecule has 0 radical (unpaired) electrons. The molecule has 0 aromatic rings. The molecule has 0 aromatic heterocycles. The number of aliphatic imine (C=N–C) groups is 4. The Balaban J connectivity index is 2.51. The smallest absolute Gasteiger partial charge is 0.231 e. The van der Waals surface area contributed by atoms with E-state index in [4.69, 9.17) is 34.7 Å². The maximum absolute atomic E-state index is 6.25. The first kappa shape index (κ1) is 14.7. The SMILES string of the molecule is C=CCC1(Cl)N=C(N)C2=NC(Cl)(CC=C)N=C(N)C2=N1. The van der Waals surface area contributed by atoms with E-state index in [0.717, 1.165) is 0 Å². The Morgan fingerprint density at radius 3 is 1.50 bits per heavy atom. The van der Waals surface area contributed by atoms with Crippen molar-refractivity contribution in [1.29, 1.82) is 0 Å². The average Bonchev–Trinajstić information content (AvgIpc) is 2.31. The first-order valence-electron chi connectivity index (χ1n) is 5.83. The number of nitrogens with two attached hydrogens (primary N) is 2. The highest BCUT2D eigenvalue weighted by molar-refractivity contribution is 6.83. The summed E-state index contributed by atoms with van der Waals surface area (Å²) in [5.74, 6) is 0.248. The van der Waals surface area contributed by atoms with Gasteiger partial charge in [-0.25, -0.2) is 20.0 Å². The highest BCUT2D eigenvalue weighted by Crippen LogP contribution is 2.32. The Bertz CT molecular complexity index is 539. The van der Waals surface area contributed by atoms with Crippen LogP contribution < -0.4 is 11.5 Å². The molecule has 2 aliphatic heterocycles. The van der Waals surface area contributed by atoms with Crippen LogP contribution in [0.25, 0.3) is 0 Å². The Kier molecular flexibility index (Phi) is 3.71. The number of nitrogens with zero attached hydrogens (tertiary/aromatic N) is 4. The van der Waals surface area contributed by atoms with Crippen molar-refractivity contribution >= 4 is 46.3 Å². The third-order valence-electron chi connectivity index (χ3n) is 2.67. The van der Waals surface area contributed by atoms with Crippen LogP contribution in [0.2, 0.25) is 0 Å². The molecule has 0 aromatic carbocycles. The predicted octanol–water partition coefficient (Wildman–Crippen LogP) is 1.55. The quantitative estimate of drug-likeness (QED) is 0.467. The third-order valence-corrected chi connectivity index (χ3v) is 3.31. The van der Waals surface area contributed by atoms with Crippen molar-refractivity contribution in [1.82, 2.24) is 0 Å². The van der Waals surface area contributed by atoms with Gasteiger partial charge in [0.2, 0.25) is 10.2 Å². The van der Waals surface area contributed by atoms with Gasteiger partial charge in [-0.3, -0.25) is 0 Å². The number of halogens is 2. The van der Waals surface area contributed by atoms with E-state index >= 15 is 0 Å². The minimum Gasteiger partial charge on any atom is -0.382 e. The van der Waals surface area contributed by atoms with Crippen LogP contribution in [0, 0.1) is 0 Å². The normalized spacial score (nSPS) is 32.3. The van der Waals surface area contributed by atoms with Crippen molar-refractivity contribution in [2.75, 3.05) is 0 Å². The highest BCUT2D eigenvalue weighted by Gasteiger charge is 2.39. The zero-order valence-corrected chi connectivity index (χ0v) is 12.2. The number of hydrogen-bond donors (Lipinski definition) is 2. The van der Waals surface area contributed by atoms with E-state index in [9.17, 15) is 0 Å². The molecular formula is C12H14Cl2N6. The molecule has 0 saturated heterocycles. The maximum Gasteiger partial charge on any atom is 0.231 e. The summed E-state index contributed by atoms with van der Waals surface area (Å²) in [5, 5.41) is -2.52. The van der Waals surface area contributed by atoms with Gasteiger partial charge in [0.1, 0.15) is 11.4 Å². The maximum atomic E-state index is 6.25. The van der Waals surface area contributed by atoms with E-state index in [-0.39, 0.29) is 11.7 Å². The summed E-state index contributed by atoms with van der Waals surface area (Å²) in [6.45, 7) is 7.22. The van der Waals surface area contributed by atoms with E-state index < -0.39 is 10.2 Å². The fourth-order valence-corrected chi connectivity index (χ4v) is 2.45. The van der Waals surface area contributed by atoms with Crippen molar-refractivity contribution in [2.45, 2.75) is 23.1 Å². The topological polar surface area (TPSA) is 101 Å². The van der Waals surface area contributed by atoms with Crippen molar-refractivity contribution in [3.8, 4) is 0 Å². The monoisotopic (exact) mass is 312 g/mol. The number of hydrogen-bond acceptors (Lipinski definition) is 6. The highest BCUT2D eigenvalue weighted by atomic mass is 35.5. The number of alkyl halides is 2. The molecule has 106 valence electrons. The molecule has 0 spiro atoms. The van der Waals surface area contributed by atoms with Crippen molar-refractivity contribution < 1.29 is 0 Å². The van der Waals surface area contributed by atoms with Crippen molar-refractivity contribution in [3.63, 3.8) is 0 Å². The lowest BCUT2D eigenvalue weighted by Gasteiger charge is -2.30. The molecule has 8 heteroatoms. The summed E-state index contributed by atoms with van der Waals surface area (Å²) in [4.78, 5) is 16.8. The summed E-state index contributed by atoms with van der Waals surface area (Å²) < 4.78 is 0. The first-order chi connectivity index (χ1) is 9.32. The lowest BCUT2D eigenvalue weighted by Crippen LogP contribution is -2.49. The Morgan fingerprint density at radius 1 is 0.850 bits per heavy atom.